The lowest BCUT2D eigenvalue weighted by Gasteiger charge is -2.26. The van der Waals surface area contributed by atoms with Crippen LogP contribution in [0.15, 0.2) is 36.4 Å². The van der Waals surface area contributed by atoms with Crippen molar-refractivity contribution in [3.8, 4) is 11.4 Å². The lowest BCUT2D eigenvalue weighted by molar-refractivity contribution is 0.464. The maximum atomic E-state index is 10.1. The Bertz CT molecular complexity index is 800. The Morgan fingerprint density at radius 2 is 1.68 bits per heavy atom. The summed E-state index contributed by atoms with van der Waals surface area (Å²) in [5.41, 5.74) is 4.53. The molecule has 114 valence electrons. The summed E-state index contributed by atoms with van der Waals surface area (Å²) in [6, 6.07) is 11.6. The maximum Gasteiger partial charge on any atom is 0.120 e. The minimum atomic E-state index is -0.0202. The number of aryl methyl sites for hydroxylation is 1. The zero-order valence-electron chi connectivity index (χ0n) is 13.5. The van der Waals surface area contributed by atoms with Gasteiger partial charge in [0.1, 0.15) is 16.8 Å². The molecule has 1 aromatic heterocycles. The number of benzene rings is 2. The second kappa shape index (κ2) is 5.13. The van der Waals surface area contributed by atoms with E-state index in [4.69, 9.17) is 0 Å². The fourth-order valence-corrected chi connectivity index (χ4v) is 2.55. The molecule has 0 aliphatic carbocycles. The van der Waals surface area contributed by atoms with E-state index >= 15 is 0 Å². The van der Waals surface area contributed by atoms with Crippen LogP contribution in [0.1, 0.15) is 38.3 Å². The van der Waals surface area contributed by atoms with E-state index in [0.717, 1.165) is 34.3 Å². The third-order valence-corrected chi connectivity index (χ3v) is 4.43. The van der Waals surface area contributed by atoms with Crippen LogP contribution in [0.25, 0.3) is 16.7 Å². The van der Waals surface area contributed by atoms with Crippen LogP contribution >= 0.6 is 0 Å². The predicted octanol–water partition coefficient (Wildman–Crippen LogP) is 4.12. The van der Waals surface area contributed by atoms with Gasteiger partial charge in [0.05, 0.1) is 5.69 Å². The normalized spacial score (nSPS) is 12.0. The summed E-state index contributed by atoms with van der Waals surface area (Å²) in [5, 5.41) is 19.2. The fraction of sp³-hybridized carbons (Fsp3) is 0.333. The monoisotopic (exact) mass is 295 g/mol. The molecule has 0 saturated carbocycles. The van der Waals surface area contributed by atoms with Crippen LogP contribution in [0, 0.1) is 6.92 Å². The second-order valence-electron chi connectivity index (χ2n) is 6.37. The van der Waals surface area contributed by atoms with Gasteiger partial charge in [-0.3, -0.25) is 0 Å². The molecule has 0 amide bonds. The van der Waals surface area contributed by atoms with Crippen molar-refractivity contribution in [1.29, 1.82) is 0 Å². The van der Waals surface area contributed by atoms with Gasteiger partial charge in [0.2, 0.25) is 0 Å². The molecule has 0 spiro atoms. The van der Waals surface area contributed by atoms with Crippen molar-refractivity contribution >= 4 is 11.0 Å². The van der Waals surface area contributed by atoms with Crippen molar-refractivity contribution in [1.82, 2.24) is 15.0 Å². The third-order valence-electron chi connectivity index (χ3n) is 4.43. The fourth-order valence-electron chi connectivity index (χ4n) is 2.55. The first kappa shape index (κ1) is 14.6. The number of rotatable bonds is 3. The average molecular weight is 295 g/mol. The van der Waals surface area contributed by atoms with Crippen LogP contribution in [0.2, 0.25) is 0 Å². The Balaban J connectivity index is 2.26. The highest BCUT2D eigenvalue weighted by atomic mass is 16.3. The molecule has 1 heterocycles. The molecule has 0 unspecified atom stereocenters. The summed E-state index contributed by atoms with van der Waals surface area (Å²) in [7, 11) is 0. The number of nitrogens with zero attached hydrogens (tertiary/aromatic N) is 3. The second-order valence-corrected chi connectivity index (χ2v) is 6.37. The molecule has 2 aromatic carbocycles. The van der Waals surface area contributed by atoms with Gasteiger partial charge in [-0.2, -0.15) is 0 Å². The lowest BCUT2D eigenvalue weighted by atomic mass is 9.80. The SMILES string of the molecule is CCC(C)(C)c1cc(C)c(O)cc1-n1nc2ccccc2n1. The van der Waals surface area contributed by atoms with Gasteiger partial charge in [0.15, 0.2) is 0 Å². The molecule has 1 N–H and O–H groups in total. The van der Waals surface area contributed by atoms with Gasteiger partial charge >= 0.3 is 0 Å². The Morgan fingerprint density at radius 1 is 1.09 bits per heavy atom. The van der Waals surface area contributed by atoms with Crippen LogP contribution < -0.4 is 0 Å². The molecule has 0 aliphatic heterocycles. The summed E-state index contributed by atoms with van der Waals surface area (Å²) in [6.07, 6.45) is 0.991. The Hall–Kier alpha value is -2.36. The van der Waals surface area contributed by atoms with Crippen molar-refractivity contribution in [2.24, 2.45) is 0 Å². The van der Waals surface area contributed by atoms with Crippen LogP contribution in [-0.4, -0.2) is 20.1 Å². The molecule has 0 saturated heterocycles. The minimum Gasteiger partial charge on any atom is -0.508 e. The molecule has 0 atom stereocenters. The van der Waals surface area contributed by atoms with Crippen molar-refractivity contribution in [2.75, 3.05) is 0 Å². The first-order valence-corrected chi connectivity index (χ1v) is 7.59. The Kier molecular flexibility index (Phi) is 3.39. The molecular weight excluding hydrogens is 274 g/mol. The molecule has 4 nitrogen and oxygen atoms in total. The summed E-state index contributed by atoms with van der Waals surface area (Å²) >= 11 is 0. The van der Waals surface area contributed by atoms with E-state index in [2.05, 4.69) is 31.0 Å². The van der Waals surface area contributed by atoms with Crippen LogP contribution in [-0.2, 0) is 5.41 Å². The molecule has 3 rings (SSSR count). The zero-order valence-corrected chi connectivity index (χ0v) is 13.5. The summed E-state index contributed by atoms with van der Waals surface area (Å²) in [5.74, 6) is 0.270. The molecule has 0 fully saturated rings. The van der Waals surface area contributed by atoms with Crippen molar-refractivity contribution in [3.63, 3.8) is 0 Å². The molecule has 3 aromatic rings. The quantitative estimate of drug-likeness (QED) is 0.790. The summed E-state index contributed by atoms with van der Waals surface area (Å²) in [4.78, 5) is 1.64. The van der Waals surface area contributed by atoms with E-state index < -0.39 is 0 Å². The molecule has 0 bridgehead atoms. The first-order valence-electron chi connectivity index (χ1n) is 7.59. The van der Waals surface area contributed by atoms with Crippen LogP contribution in [0.4, 0.5) is 0 Å². The summed E-state index contributed by atoms with van der Waals surface area (Å²) < 4.78 is 0. The van der Waals surface area contributed by atoms with Crippen LogP contribution in [0.3, 0.4) is 0 Å². The van der Waals surface area contributed by atoms with E-state index in [1.807, 2.05) is 37.3 Å². The van der Waals surface area contributed by atoms with E-state index in [1.54, 1.807) is 10.9 Å². The predicted molar refractivity (Wildman–Crippen MR) is 88.6 cm³/mol. The number of phenols is 1. The molecule has 22 heavy (non-hydrogen) atoms. The standard InChI is InChI=1S/C18H21N3O/c1-5-18(3,4)13-10-12(2)17(22)11-16(13)21-19-14-8-6-7-9-15(14)20-21/h6-11,22H,5H2,1-4H3. The molecule has 4 heteroatoms. The molecular formula is C18H21N3O. The van der Waals surface area contributed by atoms with Gasteiger partial charge in [-0.15, -0.1) is 15.0 Å². The van der Waals surface area contributed by atoms with Crippen molar-refractivity contribution in [3.05, 3.63) is 47.5 Å². The highest BCUT2D eigenvalue weighted by molar-refractivity contribution is 5.73. The minimum absolute atomic E-state index is 0.0202. The van der Waals surface area contributed by atoms with E-state index in [9.17, 15) is 5.11 Å². The van der Waals surface area contributed by atoms with E-state index in [0.29, 0.717) is 0 Å². The smallest absolute Gasteiger partial charge is 0.120 e. The topological polar surface area (TPSA) is 50.9 Å². The largest absolute Gasteiger partial charge is 0.508 e. The van der Waals surface area contributed by atoms with Gasteiger partial charge in [0, 0.05) is 6.07 Å². The number of fused-ring (bicyclic) bond motifs is 1. The molecule has 0 aliphatic rings. The first-order chi connectivity index (χ1) is 10.4. The summed E-state index contributed by atoms with van der Waals surface area (Å²) in [6.45, 7) is 8.48. The Labute approximate surface area is 130 Å². The zero-order chi connectivity index (χ0) is 15.9. The van der Waals surface area contributed by atoms with Crippen molar-refractivity contribution in [2.45, 2.75) is 39.5 Å². The number of hydrogen-bond acceptors (Lipinski definition) is 3. The van der Waals surface area contributed by atoms with Gasteiger partial charge in [0.25, 0.3) is 0 Å². The van der Waals surface area contributed by atoms with Gasteiger partial charge in [-0.1, -0.05) is 32.9 Å². The van der Waals surface area contributed by atoms with Crippen molar-refractivity contribution < 1.29 is 5.11 Å². The lowest BCUT2D eigenvalue weighted by Crippen LogP contribution is -2.19. The van der Waals surface area contributed by atoms with Gasteiger partial charge in [-0.25, -0.2) is 0 Å². The average Bonchev–Trinajstić information content (AvgIpc) is 2.93. The van der Waals surface area contributed by atoms with E-state index in [-0.39, 0.29) is 11.2 Å². The number of aromatic nitrogens is 3. The van der Waals surface area contributed by atoms with Gasteiger partial charge < -0.3 is 5.11 Å². The van der Waals surface area contributed by atoms with Crippen LogP contribution in [0.5, 0.6) is 5.75 Å². The highest BCUT2D eigenvalue weighted by Gasteiger charge is 2.24. The number of hydrogen-bond donors (Lipinski definition) is 1. The van der Waals surface area contributed by atoms with E-state index in [1.165, 1.54) is 0 Å². The third kappa shape index (κ3) is 2.34. The Morgan fingerprint density at radius 3 is 2.23 bits per heavy atom. The number of aromatic hydroxyl groups is 1. The van der Waals surface area contributed by atoms with Gasteiger partial charge in [-0.05, 0) is 48.1 Å². The maximum absolute atomic E-state index is 10.1. The number of phenolic OH excluding ortho intramolecular Hbond substituents is 1. The highest BCUT2D eigenvalue weighted by Crippen LogP contribution is 2.35. The molecule has 0 radical (unpaired) electrons.